The number of rotatable bonds is 8. The van der Waals surface area contributed by atoms with Crippen LogP contribution < -0.4 is 27.3 Å². The van der Waals surface area contributed by atoms with Gasteiger partial charge in [-0.15, -0.1) is 13.2 Å². The molecule has 7 N–H and O–H groups in total. The Morgan fingerprint density at radius 1 is 1.00 bits per heavy atom. The van der Waals surface area contributed by atoms with Gasteiger partial charge in [-0.05, 0) is 72.1 Å². The predicted molar refractivity (Wildman–Crippen MR) is 132 cm³/mol. The fourth-order valence-corrected chi connectivity index (χ4v) is 3.89. The molecule has 3 rings (SSSR count). The summed E-state index contributed by atoms with van der Waals surface area (Å²) in [5.41, 5.74) is 20.2. The van der Waals surface area contributed by atoms with Gasteiger partial charge in [-0.2, -0.15) is 0 Å². The van der Waals surface area contributed by atoms with Crippen LogP contribution in [0.25, 0.3) is 0 Å². The average molecular weight is 527 g/mol. The highest BCUT2D eigenvalue weighted by Gasteiger charge is 2.31. The number of benzene rings is 3. The standard InChI is InChI=1S/C24H23Cl2F3N4O2/c25-19-6-4-13(11-20(19)26)17(8-9-30)23(34)33-15-5-7-21(31)18(12-15)22(32)14-2-1-3-16(10-14)35-24(27,28)29/h1-7,10-12,17,22H,8-9,30-32H2,(H,33,34). The molecular formula is C24H23Cl2F3N4O2. The highest BCUT2D eigenvalue weighted by molar-refractivity contribution is 6.42. The first-order chi connectivity index (χ1) is 16.5. The molecular weight excluding hydrogens is 504 g/mol. The van der Waals surface area contributed by atoms with Crippen molar-refractivity contribution in [1.29, 1.82) is 0 Å². The quantitative estimate of drug-likeness (QED) is 0.285. The normalized spacial score (nSPS) is 13.2. The summed E-state index contributed by atoms with van der Waals surface area (Å²) in [4.78, 5) is 13.1. The molecule has 11 heteroatoms. The first kappa shape index (κ1) is 26.6. The van der Waals surface area contributed by atoms with Gasteiger partial charge in [-0.1, -0.05) is 41.4 Å². The van der Waals surface area contributed by atoms with E-state index >= 15 is 0 Å². The van der Waals surface area contributed by atoms with Crippen LogP contribution in [0.2, 0.25) is 10.0 Å². The van der Waals surface area contributed by atoms with Crippen LogP contribution in [0.5, 0.6) is 5.75 Å². The van der Waals surface area contributed by atoms with Crippen molar-refractivity contribution in [3.05, 3.63) is 87.4 Å². The maximum Gasteiger partial charge on any atom is 0.573 e. The summed E-state index contributed by atoms with van der Waals surface area (Å²) in [6, 6.07) is 14.1. The Morgan fingerprint density at radius 3 is 2.40 bits per heavy atom. The molecule has 0 radical (unpaired) electrons. The molecule has 0 heterocycles. The summed E-state index contributed by atoms with van der Waals surface area (Å²) in [6.07, 6.45) is -4.47. The van der Waals surface area contributed by atoms with E-state index in [-0.39, 0.29) is 12.5 Å². The van der Waals surface area contributed by atoms with Gasteiger partial charge in [0.05, 0.1) is 22.0 Å². The van der Waals surface area contributed by atoms with E-state index in [0.717, 1.165) is 0 Å². The fraction of sp³-hybridized carbons (Fsp3) is 0.208. The van der Waals surface area contributed by atoms with Crippen molar-refractivity contribution in [3.8, 4) is 5.75 Å². The van der Waals surface area contributed by atoms with E-state index in [1.165, 1.54) is 18.2 Å². The first-order valence-corrected chi connectivity index (χ1v) is 11.2. The molecule has 0 aromatic heterocycles. The molecule has 0 aliphatic rings. The third kappa shape index (κ3) is 7.02. The Hall–Kier alpha value is -2.98. The summed E-state index contributed by atoms with van der Waals surface area (Å²) in [7, 11) is 0. The van der Waals surface area contributed by atoms with Crippen molar-refractivity contribution in [3.63, 3.8) is 0 Å². The number of anilines is 2. The highest BCUT2D eigenvalue weighted by atomic mass is 35.5. The van der Waals surface area contributed by atoms with E-state index in [2.05, 4.69) is 10.1 Å². The van der Waals surface area contributed by atoms with Gasteiger partial charge in [0.1, 0.15) is 5.75 Å². The summed E-state index contributed by atoms with van der Waals surface area (Å²) < 4.78 is 41.7. The van der Waals surface area contributed by atoms with Crippen molar-refractivity contribution in [1.82, 2.24) is 0 Å². The zero-order valence-electron chi connectivity index (χ0n) is 18.3. The molecule has 186 valence electrons. The Bertz CT molecular complexity index is 1210. The molecule has 0 bridgehead atoms. The molecule has 0 spiro atoms. The zero-order valence-corrected chi connectivity index (χ0v) is 19.8. The Morgan fingerprint density at radius 2 is 1.74 bits per heavy atom. The van der Waals surface area contributed by atoms with Gasteiger partial charge in [0.25, 0.3) is 0 Å². The van der Waals surface area contributed by atoms with Crippen LogP contribution in [0, 0.1) is 0 Å². The van der Waals surface area contributed by atoms with E-state index < -0.39 is 24.1 Å². The Labute approximate surface area is 210 Å². The molecule has 0 aliphatic carbocycles. The van der Waals surface area contributed by atoms with Gasteiger partial charge in [-0.3, -0.25) is 4.79 Å². The molecule has 35 heavy (non-hydrogen) atoms. The van der Waals surface area contributed by atoms with Gasteiger partial charge in [0.15, 0.2) is 0 Å². The van der Waals surface area contributed by atoms with Crippen LogP contribution >= 0.6 is 23.2 Å². The number of amides is 1. The summed E-state index contributed by atoms with van der Waals surface area (Å²) in [5.74, 6) is -1.33. The molecule has 0 aliphatic heterocycles. The van der Waals surface area contributed by atoms with Crippen LogP contribution in [0.3, 0.4) is 0 Å². The van der Waals surface area contributed by atoms with Crippen LogP contribution in [0.1, 0.15) is 35.1 Å². The number of nitrogens with two attached hydrogens (primary N) is 3. The number of hydrogen-bond acceptors (Lipinski definition) is 5. The molecule has 1 amide bonds. The van der Waals surface area contributed by atoms with E-state index in [1.807, 2.05) is 0 Å². The number of nitrogen functional groups attached to an aromatic ring is 1. The molecule has 0 fully saturated rings. The number of nitrogens with one attached hydrogen (secondary N) is 1. The second kappa shape index (κ2) is 11.2. The lowest BCUT2D eigenvalue weighted by atomic mass is 9.94. The minimum Gasteiger partial charge on any atom is -0.406 e. The Balaban J connectivity index is 1.85. The fourth-order valence-electron chi connectivity index (χ4n) is 3.58. The lowest BCUT2D eigenvalue weighted by Gasteiger charge is -2.20. The minimum atomic E-state index is -4.83. The van der Waals surface area contributed by atoms with Crippen molar-refractivity contribution in [2.75, 3.05) is 17.6 Å². The second-order valence-electron chi connectivity index (χ2n) is 7.73. The van der Waals surface area contributed by atoms with Crippen LogP contribution in [0.4, 0.5) is 24.5 Å². The van der Waals surface area contributed by atoms with E-state index in [4.69, 9.17) is 40.4 Å². The van der Waals surface area contributed by atoms with Crippen molar-refractivity contribution >= 4 is 40.5 Å². The van der Waals surface area contributed by atoms with Gasteiger partial charge < -0.3 is 27.3 Å². The minimum absolute atomic E-state index is 0.256. The first-order valence-electron chi connectivity index (χ1n) is 10.4. The SMILES string of the molecule is NCCC(C(=O)Nc1ccc(N)c(C(N)c2cccc(OC(F)(F)F)c2)c1)c1ccc(Cl)c(Cl)c1. The van der Waals surface area contributed by atoms with Crippen LogP contribution in [0.15, 0.2) is 60.7 Å². The van der Waals surface area contributed by atoms with Crippen molar-refractivity contribution < 1.29 is 22.7 Å². The van der Waals surface area contributed by atoms with E-state index in [9.17, 15) is 18.0 Å². The molecule has 6 nitrogen and oxygen atoms in total. The molecule has 3 aromatic carbocycles. The van der Waals surface area contributed by atoms with Crippen molar-refractivity contribution in [2.24, 2.45) is 11.5 Å². The smallest absolute Gasteiger partial charge is 0.406 e. The van der Waals surface area contributed by atoms with E-state index in [0.29, 0.717) is 44.5 Å². The molecule has 0 saturated heterocycles. The average Bonchev–Trinajstić information content (AvgIpc) is 2.79. The highest BCUT2D eigenvalue weighted by Crippen LogP contribution is 2.32. The number of halogens is 5. The Kier molecular flexibility index (Phi) is 8.50. The third-order valence-corrected chi connectivity index (χ3v) is 6.00. The van der Waals surface area contributed by atoms with Gasteiger partial charge >= 0.3 is 6.36 Å². The molecule has 2 unspecified atom stereocenters. The molecule has 0 saturated carbocycles. The van der Waals surface area contributed by atoms with Crippen LogP contribution in [-0.2, 0) is 4.79 Å². The van der Waals surface area contributed by atoms with E-state index in [1.54, 1.807) is 42.5 Å². The lowest BCUT2D eigenvalue weighted by molar-refractivity contribution is -0.274. The zero-order chi connectivity index (χ0) is 25.8. The summed E-state index contributed by atoms with van der Waals surface area (Å²) >= 11 is 12.1. The summed E-state index contributed by atoms with van der Waals surface area (Å²) in [6.45, 7) is 0.256. The lowest BCUT2D eigenvalue weighted by Crippen LogP contribution is -2.24. The maximum atomic E-state index is 13.1. The number of alkyl halides is 3. The summed E-state index contributed by atoms with van der Waals surface area (Å²) in [5, 5.41) is 3.50. The third-order valence-electron chi connectivity index (χ3n) is 5.26. The molecule has 3 aromatic rings. The largest absolute Gasteiger partial charge is 0.573 e. The predicted octanol–water partition coefficient (Wildman–Crippen LogP) is 5.59. The number of ether oxygens (including phenoxy) is 1. The molecule has 2 atom stereocenters. The topological polar surface area (TPSA) is 116 Å². The number of carbonyl (C=O) groups is 1. The van der Waals surface area contributed by atoms with Gasteiger partial charge in [0, 0.05) is 11.4 Å². The van der Waals surface area contributed by atoms with Crippen molar-refractivity contribution in [2.45, 2.75) is 24.7 Å². The van der Waals surface area contributed by atoms with Gasteiger partial charge in [0.2, 0.25) is 5.91 Å². The van der Waals surface area contributed by atoms with Crippen LogP contribution in [-0.4, -0.2) is 18.8 Å². The van der Waals surface area contributed by atoms with Gasteiger partial charge in [-0.25, -0.2) is 0 Å². The number of carbonyl (C=O) groups excluding carboxylic acids is 1. The second-order valence-corrected chi connectivity index (χ2v) is 8.55. The monoisotopic (exact) mass is 526 g/mol. The maximum absolute atomic E-state index is 13.1. The number of hydrogen-bond donors (Lipinski definition) is 4.